The van der Waals surface area contributed by atoms with E-state index < -0.39 is 0 Å². The van der Waals surface area contributed by atoms with Gasteiger partial charge in [-0.25, -0.2) is 15.0 Å². The van der Waals surface area contributed by atoms with Gasteiger partial charge in [-0.1, -0.05) is 35.3 Å². The lowest BCUT2D eigenvalue weighted by Gasteiger charge is -2.37. The SMILES string of the molecule is CC1(N)CCN(c2cnc3nc(Cc4cccc(Cl)c4Cl)ccc3n2)CC1. The number of aromatic nitrogens is 3. The first-order chi connectivity index (χ1) is 12.9. The van der Waals surface area contributed by atoms with Crippen LogP contribution in [0.15, 0.2) is 36.5 Å². The Morgan fingerprint density at radius 1 is 1.11 bits per heavy atom. The van der Waals surface area contributed by atoms with Gasteiger partial charge in [0.25, 0.3) is 0 Å². The molecule has 0 spiro atoms. The number of piperidine rings is 1. The second-order valence-electron chi connectivity index (χ2n) is 7.40. The Balaban J connectivity index is 1.56. The van der Waals surface area contributed by atoms with Gasteiger partial charge in [-0.3, -0.25) is 0 Å². The molecule has 1 fully saturated rings. The van der Waals surface area contributed by atoms with Crippen LogP contribution >= 0.6 is 23.2 Å². The molecule has 4 rings (SSSR count). The van der Waals surface area contributed by atoms with Gasteiger partial charge in [-0.05, 0) is 43.5 Å². The zero-order valence-electron chi connectivity index (χ0n) is 15.1. The Hall–Kier alpha value is -1.95. The lowest BCUT2D eigenvalue weighted by atomic mass is 9.91. The normalized spacial score (nSPS) is 16.7. The molecule has 7 heteroatoms. The van der Waals surface area contributed by atoms with E-state index in [1.165, 1.54) is 0 Å². The molecule has 0 saturated carbocycles. The lowest BCUT2D eigenvalue weighted by Crippen LogP contribution is -2.48. The Morgan fingerprint density at radius 3 is 2.67 bits per heavy atom. The van der Waals surface area contributed by atoms with E-state index >= 15 is 0 Å². The van der Waals surface area contributed by atoms with Crippen LogP contribution < -0.4 is 10.6 Å². The highest BCUT2D eigenvalue weighted by Crippen LogP contribution is 2.28. The van der Waals surface area contributed by atoms with Gasteiger partial charge in [0.1, 0.15) is 11.3 Å². The van der Waals surface area contributed by atoms with Gasteiger partial charge in [0.05, 0.1) is 16.2 Å². The molecule has 0 bridgehead atoms. The zero-order valence-corrected chi connectivity index (χ0v) is 16.6. The minimum absolute atomic E-state index is 0.0845. The summed E-state index contributed by atoms with van der Waals surface area (Å²) in [5.41, 5.74) is 9.38. The molecular weight excluding hydrogens is 381 g/mol. The largest absolute Gasteiger partial charge is 0.355 e. The fraction of sp³-hybridized carbons (Fsp3) is 0.350. The summed E-state index contributed by atoms with van der Waals surface area (Å²) < 4.78 is 0. The summed E-state index contributed by atoms with van der Waals surface area (Å²) in [5.74, 6) is 0.880. The molecule has 140 valence electrons. The van der Waals surface area contributed by atoms with Crippen molar-refractivity contribution >= 4 is 40.2 Å². The van der Waals surface area contributed by atoms with Crippen molar-refractivity contribution in [2.45, 2.75) is 31.7 Å². The molecule has 3 heterocycles. The van der Waals surface area contributed by atoms with Gasteiger partial charge >= 0.3 is 0 Å². The van der Waals surface area contributed by atoms with E-state index in [9.17, 15) is 0 Å². The first-order valence-corrected chi connectivity index (χ1v) is 9.76. The van der Waals surface area contributed by atoms with Gasteiger partial charge in [0, 0.05) is 30.7 Å². The summed E-state index contributed by atoms with van der Waals surface area (Å²) in [5, 5.41) is 1.12. The average molecular weight is 402 g/mol. The van der Waals surface area contributed by atoms with Crippen LogP contribution in [0.5, 0.6) is 0 Å². The van der Waals surface area contributed by atoms with Gasteiger partial charge in [0.2, 0.25) is 0 Å². The van der Waals surface area contributed by atoms with Crippen molar-refractivity contribution in [2.75, 3.05) is 18.0 Å². The summed E-state index contributed by atoms with van der Waals surface area (Å²) in [6, 6.07) is 9.55. The van der Waals surface area contributed by atoms with Gasteiger partial charge < -0.3 is 10.6 Å². The standard InChI is InChI=1S/C20H21Cl2N5/c1-20(23)7-9-27(10-8-20)17-12-24-19-16(26-17)6-5-14(25-19)11-13-3-2-4-15(21)18(13)22/h2-6,12H,7-11,23H2,1H3. The number of rotatable bonds is 3. The molecule has 1 aromatic carbocycles. The Morgan fingerprint density at radius 2 is 1.89 bits per heavy atom. The van der Waals surface area contributed by atoms with Gasteiger partial charge in [-0.15, -0.1) is 0 Å². The molecule has 3 aromatic rings. The van der Waals surface area contributed by atoms with Crippen LogP contribution in [-0.4, -0.2) is 33.6 Å². The summed E-state index contributed by atoms with van der Waals surface area (Å²) >= 11 is 12.4. The molecule has 1 saturated heterocycles. The molecule has 2 N–H and O–H groups in total. The molecule has 0 amide bonds. The Bertz CT molecular complexity index is 979. The van der Waals surface area contributed by atoms with Crippen molar-refractivity contribution in [1.29, 1.82) is 0 Å². The molecule has 27 heavy (non-hydrogen) atoms. The van der Waals surface area contributed by atoms with Gasteiger partial charge in [0.15, 0.2) is 5.65 Å². The zero-order chi connectivity index (χ0) is 19.0. The van der Waals surface area contributed by atoms with Crippen LogP contribution in [0, 0.1) is 0 Å². The van der Waals surface area contributed by atoms with Crippen molar-refractivity contribution in [3.8, 4) is 0 Å². The number of benzene rings is 1. The fourth-order valence-corrected chi connectivity index (χ4v) is 3.70. The quantitative estimate of drug-likeness (QED) is 0.710. The predicted octanol–water partition coefficient (Wildman–Crippen LogP) is 4.24. The second-order valence-corrected chi connectivity index (χ2v) is 8.19. The van der Waals surface area contributed by atoms with Crippen molar-refractivity contribution < 1.29 is 0 Å². The molecule has 1 aliphatic heterocycles. The summed E-state index contributed by atoms with van der Waals surface area (Å²) in [6.45, 7) is 3.89. The van der Waals surface area contributed by atoms with Crippen LogP contribution in [0.3, 0.4) is 0 Å². The molecular formula is C20H21Cl2N5. The Labute approximate surface area is 168 Å². The van der Waals surface area contributed by atoms with Crippen molar-refractivity contribution in [3.05, 3.63) is 57.8 Å². The number of hydrogen-bond donors (Lipinski definition) is 1. The van der Waals surface area contributed by atoms with Crippen LogP contribution in [0.1, 0.15) is 31.0 Å². The minimum Gasteiger partial charge on any atom is -0.355 e. The fourth-order valence-electron chi connectivity index (χ4n) is 3.31. The van der Waals surface area contributed by atoms with Crippen LogP contribution in [0.4, 0.5) is 5.82 Å². The lowest BCUT2D eigenvalue weighted by molar-refractivity contribution is 0.363. The van der Waals surface area contributed by atoms with Crippen molar-refractivity contribution in [1.82, 2.24) is 15.0 Å². The number of halogens is 2. The van der Waals surface area contributed by atoms with E-state index in [1.807, 2.05) is 24.3 Å². The predicted molar refractivity (Wildman–Crippen MR) is 111 cm³/mol. The molecule has 0 atom stereocenters. The third kappa shape index (κ3) is 4.00. The monoisotopic (exact) mass is 401 g/mol. The first-order valence-electron chi connectivity index (χ1n) is 9.01. The summed E-state index contributed by atoms with van der Waals surface area (Å²) in [4.78, 5) is 16.1. The molecule has 2 aromatic heterocycles. The first kappa shape index (κ1) is 18.4. The van der Waals surface area contributed by atoms with Gasteiger partial charge in [-0.2, -0.15) is 0 Å². The second kappa shape index (κ2) is 7.23. The third-order valence-corrected chi connectivity index (χ3v) is 5.94. The number of nitrogens with zero attached hydrogens (tertiary/aromatic N) is 4. The molecule has 1 aliphatic rings. The van der Waals surface area contributed by atoms with E-state index in [2.05, 4.69) is 21.8 Å². The number of pyridine rings is 1. The highest BCUT2D eigenvalue weighted by molar-refractivity contribution is 6.42. The maximum absolute atomic E-state index is 6.29. The highest BCUT2D eigenvalue weighted by atomic mass is 35.5. The maximum atomic E-state index is 6.29. The molecule has 0 unspecified atom stereocenters. The van der Waals surface area contributed by atoms with Crippen molar-refractivity contribution in [2.24, 2.45) is 5.73 Å². The molecule has 5 nitrogen and oxygen atoms in total. The number of anilines is 1. The maximum Gasteiger partial charge on any atom is 0.178 e. The van der Waals surface area contributed by atoms with E-state index in [4.69, 9.17) is 33.9 Å². The van der Waals surface area contributed by atoms with E-state index in [0.29, 0.717) is 22.1 Å². The number of fused-ring (bicyclic) bond motifs is 1. The van der Waals surface area contributed by atoms with Crippen LogP contribution in [0.25, 0.3) is 11.2 Å². The summed E-state index contributed by atoms with van der Waals surface area (Å²) in [7, 11) is 0. The minimum atomic E-state index is -0.0845. The smallest absolute Gasteiger partial charge is 0.178 e. The third-order valence-electron chi connectivity index (χ3n) is 5.08. The van der Waals surface area contributed by atoms with E-state index in [-0.39, 0.29) is 5.54 Å². The topological polar surface area (TPSA) is 67.9 Å². The van der Waals surface area contributed by atoms with E-state index in [0.717, 1.165) is 48.5 Å². The Kier molecular flexibility index (Phi) is 4.93. The van der Waals surface area contributed by atoms with Crippen LogP contribution in [-0.2, 0) is 6.42 Å². The number of hydrogen-bond acceptors (Lipinski definition) is 5. The average Bonchev–Trinajstić information content (AvgIpc) is 2.65. The highest BCUT2D eigenvalue weighted by Gasteiger charge is 2.26. The van der Waals surface area contributed by atoms with Crippen molar-refractivity contribution in [3.63, 3.8) is 0 Å². The van der Waals surface area contributed by atoms with Crippen LogP contribution in [0.2, 0.25) is 10.0 Å². The summed E-state index contributed by atoms with van der Waals surface area (Å²) in [6.07, 6.45) is 4.29. The number of nitrogens with two attached hydrogens (primary N) is 1. The van der Waals surface area contributed by atoms with E-state index in [1.54, 1.807) is 12.3 Å². The molecule has 0 aliphatic carbocycles. The molecule has 0 radical (unpaired) electrons.